The maximum absolute atomic E-state index is 11.4. The number of esters is 2. The van der Waals surface area contributed by atoms with E-state index in [-0.39, 0.29) is 0 Å². The molecule has 0 rings (SSSR count). The molecule has 0 spiro atoms. The van der Waals surface area contributed by atoms with Crippen molar-refractivity contribution < 1.29 is 19.1 Å². The molecule has 0 aromatic rings. The van der Waals surface area contributed by atoms with Gasteiger partial charge in [-0.25, -0.2) is 4.79 Å². The zero-order valence-electron chi connectivity index (χ0n) is 14.0. The van der Waals surface area contributed by atoms with Crippen molar-refractivity contribution in [2.24, 2.45) is 0 Å². The lowest BCUT2D eigenvalue weighted by molar-refractivity contribution is -0.165. The van der Waals surface area contributed by atoms with Gasteiger partial charge < -0.3 is 9.47 Å². The quantitative estimate of drug-likeness (QED) is 0.373. The average molecular weight is 300 g/mol. The Balaban J connectivity index is 3.28. The van der Waals surface area contributed by atoms with Gasteiger partial charge in [0.15, 0.2) is 6.10 Å². The highest BCUT2D eigenvalue weighted by atomic mass is 16.6. The van der Waals surface area contributed by atoms with Crippen LogP contribution in [-0.4, -0.2) is 24.6 Å². The monoisotopic (exact) mass is 300 g/mol. The molecular formula is C17H32O4. The molecule has 0 radical (unpaired) electrons. The molecule has 0 aliphatic heterocycles. The first-order chi connectivity index (χ1) is 10.1. The van der Waals surface area contributed by atoms with Gasteiger partial charge in [0.05, 0.1) is 6.61 Å². The molecule has 0 heterocycles. The van der Waals surface area contributed by atoms with E-state index in [1.807, 2.05) is 0 Å². The topological polar surface area (TPSA) is 52.6 Å². The highest BCUT2D eigenvalue weighted by Crippen LogP contribution is 2.10. The van der Waals surface area contributed by atoms with Crippen LogP contribution in [-0.2, 0) is 19.1 Å². The molecule has 0 aromatic carbocycles. The van der Waals surface area contributed by atoms with E-state index in [1.54, 1.807) is 0 Å². The molecule has 0 aliphatic carbocycles. The van der Waals surface area contributed by atoms with E-state index in [9.17, 15) is 9.59 Å². The summed E-state index contributed by atoms with van der Waals surface area (Å²) in [5, 5.41) is 0. The van der Waals surface area contributed by atoms with E-state index in [1.165, 1.54) is 65.2 Å². The van der Waals surface area contributed by atoms with Gasteiger partial charge in [-0.1, -0.05) is 64.7 Å². The zero-order valence-corrected chi connectivity index (χ0v) is 14.0. The minimum atomic E-state index is -0.800. The number of unbranched alkanes of at least 4 members (excludes halogenated alkanes) is 9. The number of carbonyl (C=O) groups is 2. The first kappa shape index (κ1) is 19.9. The second-order valence-electron chi connectivity index (χ2n) is 5.60. The van der Waals surface area contributed by atoms with Crippen LogP contribution in [0.4, 0.5) is 0 Å². The lowest BCUT2D eigenvalue weighted by Crippen LogP contribution is -2.25. The van der Waals surface area contributed by atoms with Crippen LogP contribution in [0.5, 0.6) is 0 Å². The van der Waals surface area contributed by atoms with Gasteiger partial charge >= 0.3 is 11.9 Å². The summed E-state index contributed by atoms with van der Waals surface area (Å²) in [6, 6.07) is 0. The van der Waals surface area contributed by atoms with E-state index in [2.05, 4.69) is 6.92 Å². The number of rotatable bonds is 13. The Morgan fingerprint density at radius 1 is 0.857 bits per heavy atom. The summed E-state index contributed by atoms with van der Waals surface area (Å²) in [4.78, 5) is 22.1. The van der Waals surface area contributed by atoms with Gasteiger partial charge in [0.2, 0.25) is 0 Å². The first-order valence-electron chi connectivity index (χ1n) is 8.41. The van der Waals surface area contributed by atoms with Crippen LogP contribution in [0.25, 0.3) is 0 Å². The van der Waals surface area contributed by atoms with Crippen LogP contribution >= 0.6 is 0 Å². The fraction of sp³-hybridized carbons (Fsp3) is 0.882. The second kappa shape index (κ2) is 13.9. The average Bonchev–Trinajstić information content (AvgIpc) is 2.43. The highest BCUT2D eigenvalue weighted by Gasteiger charge is 2.16. The maximum atomic E-state index is 11.4. The molecule has 0 saturated carbocycles. The fourth-order valence-corrected chi connectivity index (χ4v) is 2.18. The molecule has 4 heteroatoms. The molecular weight excluding hydrogens is 268 g/mol. The van der Waals surface area contributed by atoms with Crippen LogP contribution in [0, 0.1) is 0 Å². The van der Waals surface area contributed by atoms with Crippen molar-refractivity contribution in [1.29, 1.82) is 0 Å². The van der Waals surface area contributed by atoms with Crippen LogP contribution in [0.3, 0.4) is 0 Å². The van der Waals surface area contributed by atoms with Crippen molar-refractivity contribution in [2.45, 2.75) is 91.1 Å². The lowest BCUT2D eigenvalue weighted by Gasteiger charge is -2.11. The standard InChI is InChI=1S/C17H32O4/c1-4-5-6-7-8-9-10-11-12-13-14-20-17(19)15(2)21-16(3)18/h15H,4-14H2,1-3H3/t15-/m0/s1. The molecule has 124 valence electrons. The third-order valence-corrected chi connectivity index (χ3v) is 3.42. The van der Waals surface area contributed by atoms with Crippen molar-refractivity contribution in [2.75, 3.05) is 6.61 Å². The molecule has 0 aromatic heterocycles. The predicted octanol–water partition coefficient (Wildman–Crippen LogP) is 4.40. The van der Waals surface area contributed by atoms with Crippen molar-refractivity contribution in [1.82, 2.24) is 0 Å². The summed E-state index contributed by atoms with van der Waals surface area (Å²) >= 11 is 0. The van der Waals surface area contributed by atoms with Gasteiger partial charge in [-0.2, -0.15) is 0 Å². The Morgan fingerprint density at radius 3 is 1.81 bits per heavy atom. The van der Waals surface area contributed by atoms with E-state index in [0.717, 1.165) is 12.8 Å². The first-order valence-corrected chi connectivity index (χ1v) is 8.41. The van der Waals surface area contributed by atoms with Gasteiger partial charge in [0.25, 0.3) is 0 Å². The molecule has 0 N–H and O–H groups in total. The van der Waals surface area contributed by atoms with E-state index in [4.69, 9.17) is 9.47 Å². The van der Waals surface area contributed by atoms with Crippen LogP contribution in [0.15, 0.2) is 0 Å². The van der Waals surface area contributed by atoms with Crippen molar-refractivity contribution in [3.63, 3.8) is 0 Å². The van der Waals surface area contributed by atoms with Crippen molar-refractivity contribution in [3.8, 4) is 0 Å². The Bertz CT molecular complexity index is 276. The smallest absolute Gasteiger partial charge is 0.347 e. The van der Waals surface area contributed by atoms with Gasteiger partial charge in [-0.15, -0.1) is 0 Å². The van der Waals surface area contributed by atoms with E-state index in [0.29, 0.717) is 6.61 Å². The summed E-state index contributed by atoms with van der Waals surface area (Å²) in [6.45, 7) is 5.47. The molecule has 0 saturated heterocycles. The minimum absolute atomic E-state index is 0.418. The Labute approximate surface area is 129 Å². The van der Waals surface area contributed by atoms with E-state index < -0.39 is 18.0 Å². The van der Waals surface area contributed by atoms with Crippen LogP contribution in [0.1, 0.15) is 85.0 Å². The zero-order chi connectivity index (χ0) is 15.9. The summed E-state index contributed by atoms with van der Waals surface area (Å²) < 4.78 is 9.81. The number of ether oxygens (including phenoxy) is 2. The third kappa shape index (κ3) is 13.7. The summed E-state index contributed by atoms with van der Waals surface area (Å²) in [5.41, 5.74) is 0. The highest BCUT2D eigenvalue weighted by molar-refractivity contribution is 5.78. The normalized spacial score (nSPS) is 12.0. The largest absolute Gasteiger partial charge is 0.463 e. The predicted molar refractivity (Wildman–Crippen MR) is 84.0 cm³/mol. The van der Waals surface area contributed by atoms with Crippen molar-refractivity contribution in [3.05, 3.63) is 0 Å². The molecule has 0 amide bonds. The SMILES string of the molecule is CCCCCCCCCCCCOC(=O)[C@H](C)OC(C)=O. The molecule has 4 nitrogen and oxygen atoms in total. The minimum Gasteiger partial charge on any atom is -0.463 e. The second-order valence-corrected chi connectivity index (χ2v) is 5.60. The molecule has 0 fully saturated rings. The molecule has 0 aliphatic rings. The summed E-state index contributed by atoms with van der Waals surface area (Å²) in [5.74, 6) is -0.917. The number of hydrogen-bond acceptors (Lipinski definition) is 4. The summed E-state index contributed by atoms with van der Waals surface area (Å²) in [6.07, 6.45) is 11.7. The molecule has 0 unspecified atom stereocenters. The van der Waals surface area contributed by atoms with Gasteiger partial charge in [-0.05, 0) is 13.3 Å². The maximum Gasteiger partial charge on any atom is 0.347 e. The Hall–Kier alpha value is -1.06. The third-order valence-electron chi connectivity index (χ3n) is 3.42. The van der Waals surface area contributed by atoms with Crippen LogP contribution in [0.2, 0.25) is 0 Å². The van der Waals surface area contributed by atoms with Gasteiger partial charge in [0.1, 0.15) is 0 Å². The fourth-order valence-electron chi connectivity index (χ4n) is 2.18. The van der Waals surface area contributed by atoms with E-state index >= 15 is 0 Å². The lowest BCUT2D eigenvalue weighted by atomic mass is 10.1. The molecule has 1 atom stereocenters. The number of hydrogen-bond donors (Lipinski definition) is 0. The van der Waals surface area contributed by atoms with Gasteiger partial charge in [0, 0.05) is 6.92 Å². The Morgan fingerprint density at radius 2 is 1.33 bits per heavy atom. The molecule has 0 bridgehead atoms. The summed E-state index contributed by atoms with van der Waals surface area (Å²) in [7, 11) is 0. The van der Waals surface area contributed by atoms with Crippen LogP contribution < -0.4 is 0 Å². The Kier molecular flexibility index (Phi) is 13.2. The molecule has 21 heavy (non-hydrogen) atoms. The van der Waals surface area contributed by atoms with Crippen molar-refractivity contribution >= 4 is 11.9 Å². The number of carbonyl (C=O) groups excluding carboxylic acids is 2. The van der Waals surface area contributed by atoms with Gasteiger partial charge in [-0.3, -0.25) is 4.79 Å².